The molecule has 1 saturated heterocycles. The number of halogens is 2. The monoisotopic (exact) mass is 483 g/mol. The molecule has 1 amide bonds. The summed E-state index contributed by atoms with van der Waals surface area (Å²) in [6.45, 7) is 2.65. The number of hydrogen-bond donors (Lipinski definition) is 0. The van der Waals surface area contributed by atoms with Crippen LogP contribution in [0.5, 0.6) is 0 Å². The molecule has 4 aromatic rings. The van der Waals surface area contributed by atoms with Crippen molar-refractivity contribution in [2.45, 2.75) is 6.54 Å². The van der Waals surface area contributed by atoms with Gasteiger partial charge in [-0.2, -0.15) is 9.61 Å². The maximum absolute atomic E-state index is 13.9. The van der Waals surface area contributed by atoms with Gasteiger partial charge in [0.1, 0.15) is 10.8 Å². The van der Waals surface area contributed by atoms with Crippen molar-refractivity contribution < 1.29 is 9.18 Å². The number of carbonyl (C=O) groups is 1. The number of fused-ring (bicyclic) bond motifs is 1. The summed E-state index contributed by atoms with van der Waals surface area (Å²) >= 11 is 7.58. The highest BCUT2D eigenvalue weighted by atomic mass is 35.5. The molecule has 0 atom stereocenters. The molecule has 5 rings (SSSR count). The molecule has 7 nitrogen and oxygen atoms in total. The summed E-state index contributed by atoms with van der Waals surface area (Å²) in [4.78, 5) is 34.1. The van der Waals surface area contributed by atoms with Gasteiger partial charge in [-0.1, -0.05) is 53.3 Å². The van der Waals surface area contributed by atoms with E-state index >= 15 is 0 Å². The molecule has 1 aliphatic rings. The predicted molar refractivity (Wildman–Crippen MR) is 125 cm³/mol. The van der Waals surface area contributed by atoms with E-state index in [0.717, 1.165) is 5.56 Å². The number of hydrogen-bond acceptors (Lipinski definition) is 6. The molecule has 168 valence electrons. The zero-order valence-electron chi connectivity index (χ0n) is 17.4. The average Bonchev–Trinajstić information content (AvgIpc) is 3.24. The fourth-order valence-corrected chi connectivity index (χ4v) is 5.07. The van der Waals surface area contributed by atoms with E-state index in [1.807, 2.05) is 18.2 Å². The minimum Gasteiger partial charge on any atom is -0.336 e. The molecule has 1 fully saturated rings. The maximum Gasteiger partial charge on any atom is 0.275 e. The lowest BCUT2D eigenvalue weighted by Crippen LogP contribution is -2.48. The summed E-state index contributed by atoms with van der Waals surface area (Å²) in [6, 6.07) is 14.8. The molecular formula is C23H19ClFN5O2S. The van der Waals surface area contributed by atoms with Gasteiger partial charge in [-0.25, -0.2) is 9.37 Å². The van der Waals surface area contributed by atoms with E-state index in [1.54, 1.807) is 23.1 Å². The summed E-state index contributed by atoms with van der Waals surface area (Å²) in [5, 5.41) is 5.57. The summed E-state index contributed by atoms with van der Waals surface area (Å²) in [5.41, 5.74) is 1.23. The highest BCUT2D eigenvalue weighted by molar-refractivity contribution is 7.19. The zero-order chi connectivity index (χ0) is 22.9. The van der Waals surface area contributed by atoms with Crippen molar-refractivity contribution in [3.05, 3.63) is 87.0 Å². The summed E-state index contributed by atoms with van der Waals surface area (Å²) in [6.07, 6.45) is 0. The molecule has 0 aliphatic carbocycles. The van der Waals surface area contributed by atoms with Crippen molar-refractivity contribution in [2.75, 3.05) is 26.2 Å². The van der Waals surface area contributed by atoms with Crippen LogP contribution in [0, 0.1) is 5.82 Å². The van der Waals surface area contributed by atoms with Gasteiger partial charge in [0, 0.05) is 44.4 Å². The Bertz CT molecular complexity index is 1400. The van der Waals surface area contributed by atoms with Gasteiger partial charge in [0.25, 0.3) is 11.5 Å². The SMILES string of the molecule is O=C(c1ccccc1F)N1CCN(Cc2cc(=O)n3nc(-c4ccccc4Cl)sc3n2)CC1. The highest BCUT2D eigenvalue weighted by Crippen LogP contribution is 2.30. The zero-order valence-corrected chi connectivity index (χ0v) is 19.0. The van der Waals surface area contributed by atoms with Gasteiger partial charge < -0.3 is 4.90 Å². The number of carbonyl (C=O) groups excluding carboxylic acids is 1. The van der Waals surface area contributed by atoms with E-state index in [9.17, 15) is 14.0 Å². The second-order valence-electron chi connectivity index (χ2n) is 7.72. The van der Waals surface area contributed by atoms with Crippen LogP contribution in [0.2, 0.25) is 5.02 Å². The Balaban J connectivity index is 1.29. The summed E-state index contributed by atoms with van der Waals surface area (Å²) in [5.74, 6) is -0.814. The number of rotatable bonds is 4. The van der Waals surface area contributed by atoms with Crippen LogP contribution >= 0.6 is 22.9 Å². The largest absolute Gasteiger partial charge is 0.336 e. The van der Waals surface area contributed by atoms with E-state index in [-0.39, 0.29) is 17.0 Å². The van der Waals surface area contributed by atoms with Crippen molar-refractivity contribution in [3.8, 4) is 10.6 Å². The van der Waals surface area contributed by atoms with Crippen LogP contribution in [0.4, 0.5) is 4.39 Å². The van der Waals surface area contributed by atoms with Crippen molar-refractivity contribution in [3.63, 3.8) is 0 Å². The quantitative estimate of drug-likeness (QED) is 0.444. The first-order valence-electron chi connectivity index (χ1n) is 10.4. The third-order valence-corrected chi connectivity index (χ3v) is 6.82. The first kappa shape index (κ1) is 21.7. The van der Waals surface area contributed by atoms with Gasteiger partial charge in [0.15, 0.2) is 0 Å². The smallest absolute Gasteiger partial charge is 0.275 e. The van der Waals surface area contributed by atoms with E-state index in [2.05, 4.69) is 15.0 Å². The van der Waals surface area contributed by atoms with Crippen LogP contribution in [0.3, 0.4) is 0 Å². The Hall–Kier alpha value is -3.14. The van der Waals surface area contributed by atoms with Crippen molar-refractivity contribution in [2.24, 2.45) is 0 Å². The van der Waals surface area contributed by atoms with Gasteiger partial charge >= 0.3 is 0 Å². The van der Waals surface area contributed by atoms with E-state index in [1.165, 1.54) is 34.1 Å². The second-order valence-corrected chi connectivity index (χ2v) is 9.08. The van der Waals surface area contributed by atoms with Crippen molar-refractivity contribution in [1.82, 2.24) is 24.4 Å². The van der Waals surface area contributed by atoms with Crippen molar-refractivity contribution >= 4 is 33.8 Å². The van der Waals surface area contributed by atoms with Crippen molar-refractivity contribution in [1.29, 1.82) is 0 Å². The Morgan fingerprint density at radius 2 is 1.79 bits per heavy atom. The number of nitrogens with zero attached hydrogens (tertiary/aromatic N) is 5. The second kappa shape index (κ2) is 9.01. The van der Waals surface area contributed by atoms with Crippen LogP contribution in [0.25, 0.3) is 15.5 Å². The fraction of sp³-hybridized carbons (Fsp3) is 0.217. The van der Waals surface area contributed by atoms with E-state index in [0.29, 0.717) is 53.4 Å². The van der Waals surface area contributed by atoms with Crippen LogP contribution in [-0.4, -0.2) is 56.5 Å². The van der Waals surface area contributed by atoms with Crippen LogP contribution in [0.1, 0.15) is 16.1 Å². The lowest BCUT2D eigenvalue weighted by molar-refractivity contribution is 0.0622. The molecule has 0 radical (unpaired) electrons. The molecule has 3 heterocycles. The molecule has 33 heavy (non-hydrogen) atoms. The normalized spacial score (nSPS) is 14.7. The molecule has 0 bridgehead atoms. The van der Waals surface area contributed by atoms with Crippen LogP contribution in [0.15, 0.2) is 59.4 Å². The van der Waals surface area contributed by atoms with E-state index < -0.39 is 5.82 Å². The number of amides is 1. The molecule has 0 spiro atoms. The van der Waals surface area contributed by atoms with Gasteiger partial charge in [-0.15, -0.1) is 0 Å². The van der Waals surface area contributed by atoms with Gasteiger partial charge in [-0.3, -0.25) is 14.5 Å². The fourth-order valence-electron chi connectivity index (χ4n) is 3.82. The topological polar surface area (TPSA) is 70.8 Å². The Labute approximate surface area is 197 Å². The molecule has 0 unspecified atom stereocenters. The molecule has 0 saturated carbocycles. The molecular weight excluding hydrogens is 465 g/mol. The predicted octanol–water partition coefficient (Wildman–Crippen LogP) is 3.57. The molecule has 2 aromatic carbocycles. The molecule has 1 aliphatic heterocycles. The Morgan fingerprint density at radius 1 is 1.06 bits per heavy atom. The Kier molecular flexibility index (Phi) is 5.92. The lowest BCUT2D eigenvalue weighted by Gasteiger charge is -2.34. The van der Waals surface area contributed by atoms with Crippen LogP contribution in [-0.2, 0) is 6.54 Å². The van der Waals surface area contributed by atoms with E-state index in [4.69, 9.17) is 11.6 Å². The first-order valence-corrected chi connectivity index (χ1v) is 11.6. The third kappa shape index (κ3) is 4.39. The minimum absolute atomic E-state index is 0.0885. The minimum atomic E-state index is -0.511. The lowest BCUT2D eigenvalue weighted by atomic mass is 10.1. The summed E-state index contributed by atoms with van der Waals surface area (Å²) < 4.78 is 15.2. The van der Waals surface area contributed by atoms with Crippen LogP contribution < -0.4 is 5.56 Å². The number of benzene rings is 2. The molecule has 10 heteroatoms. The molecule has 0 N–H and O–H groups in total. The standard InChI is InChI=1S/C23H19ClFN5O2S/c24-18-7-3-1-5-16(18)21-27-30-20(31)13-15(26-23(30)33-21)14-28-9-11-29(12-10-28)22(32)17-6-2-4-8-19(17)25/h1-8,13H,9-12,14H2. The highest BCUT2D eigenvalue weighted by Gasteiger charge is 2.24. The molecule has 2 aromatic heterocycles. The van der Waals surface area contributed by atoms with Gasteiger partial charge in [0.05, 0.1) is 16.3 Å². The van der Waals surface area contributed by atoms with Gasteiger partial charge in [-0.05, 0) is 18.2 Å². The number of piperazine rings is 1. The maximum atomic E-state index is 13.9. The van der Waals surface area contributed by atoms with Gasteiger partial charge in [0.2, 0.25) is 4.96 Å². The first-order chi connectivity index (χ1) is 16.0. The third-order valence-electron chi connectivity index (χ3n) is 5.55. The summed E-state index contributed by atoms with van der Waals surface area (Å²) in [7, 11) is 0. The Morgan fingerprint density at radius 3 is 2.55 bits per heavy atom. The number of aromatic nitrogens is 3. The average molecular weight is 484 g/mol.